The van der Waals surface area contributed by atoms with Crippen molar-refractivity contribution >= 4 is 17.9 Å². The quantitative estimate of drug-likeness (QED) is 0.831. The average molecular weight is 286 g/mol. The maximum atomic E-state index is 13.9. The van der Waals surface area contributed by atoms with Crippen molar-refractivity contribution in [2.45, 2.75) is 19.9 Å². The monoisotopic (exact) mass is 286 g/mol. The number of anilines is 2. The molecule has 108 valence electrons. The van der Waals surface area contributed by atoms with Crippen molar-refractivity contribution in [1.29, 1.82) is 0 Å². The summed E-state index contributed by atoms with van der Waals surface area (Å²) in [6, 6.07) is 6.13. The number of hydrogen-bond acceptors (Lipinski definition) is 4. The number of aldehydes is 1. The number of carbonyl (C=O) groups excluding carboxylic acids is 1. The van der Waals surface area contributed by atoms with Crippen molar-refractivity contribution in [3.8, 4) is 0 Å². The van der Waals surface area contributed by atoms with Gasteiger partial charge in [0, 0.05) is 17.3 Å². The third-order valence-corrected chi connectivity index (χ3v) is 3.68. The molecule has 1 aromatic carbocycles. The predicted molar refractivity (Wildman–Crippen MR) is 78.3 cm³/mol. The van der Waals surface area contributed by atoms with E-state index in [1.807, 2.05) is 0 Å². The molecule has 1 aliphatic heterocycles. The van der Waals surface area contributed by atoms with Gasteiger partial charge in [-0.3, -0.25) is 4.79 Å². The molecule has 0 bridgehead atoms. The molecule has 2 aromatic rings. The molecule has 0 fully saturated rings. The highest BCUT2D eigenvalue weighted by atomic mass is 19.1. The number of nitrogens with one attached hydrogen (secondary N) is 1. The van der Waals surface area contributed by atoms with Crippen molar-refractivity contribution in [3.05, 3.63) is 52.5 Å². The van der Waals surface area contributed by atoms with E-state index >= 15 is 0 Å². The van der Waals surface area contributed by atoms with Crippen LogP contribution < -0.4 is 11.1 Å². The van der Waals surface area contributed by atoms with E-state index in [0.29, 0.717) is 34.0 Å². The zero-order valence-electron chi connectivity index (χ0n) is 11.7. The smallest absolute Gasteiger partial charge is 0.150 e. The number of benzene rings is 1. The Hall–Kier alpha value is -2.63. The van der Waals surface area contributed by atoms with Gasteiger partial charge in [0.15, 0.2) is 0 Å². The molecule has 0 spiro atoms. The number of hydrogen-bond donors (Lipinski definition) is 2. The fourth-order valence-corrected chi connectivity index (χ4v) is 2.56. The molecule has 1 unspecified atom stereocenters. The number of nitrogens with two attached hydrogens (primary N) is 1. The summed E-state index contributed by atoms with van der Waals surface area (Å²) >= 11 is 0. The number of nitrogen functional groups attached to an aromatic ring is 1. The second kappa shape index (κ2) is 4.73. The Bertz CT molecular complexity index is 763. The number of fused-ring (bicyclic) bond motifs is 1. The van der Waals surface area contributed by atoms with Gasteiger partial charge in [-0.05, 0) is 31.0 Å². The zero-order valence-corrected chi connectivity index (χ0v) is 11.7. The molecule has 1 aromatic heterocycles. The number of aryl methyl sites for hydroxylation is 1. The Balaban J connectivity index is 2.21. The molecule has 0 saturated carbocycles. The van der Waals surface area contributed by atoms with Crippen LogP contribution in [-0.4, -0.2) is 16.1 Å². The van der Waals surface area contributed by atoms with Gasteiger partial charge < -0.3 is 11.1 Å². The molecular weight excluding hydrogens is 271 g/mol. The number of aromatic nitrogens is 2. The lowest BCUT2D eigenvalue weighted by Gasteiger charge is -2.27. The Morgan fingerprint density at radius 2 is 2.14 bits per heavy atom. The van der Waals surface area contributed by atoms with Crippen molar-refractivity contribution in [1.82, 2.24) is 9.78 Å². The highest BCUT2D eigenvalue weighted by Crippen LogP contribution is 2.35. The van der Waals surface area contributed by atoms with E-state index in [0.717, 1.165) is 6.29 Å². The van der Waals surface area contributed by atoms with Crippen LogP contribution >= 0.6 is 0 Å². The normalized spacial score (nSPS) is 17.4. The van der Waals surface area contributed by atoms with Crippen LogP contribution in [0.15, 0.2) is 35.5 Å². The minimum atomic E-state index is -0.480. The number of nitrogens with zero attached hydrogens (tertiary/aromatic N) is 2. The van der Waals surface area contributed by atoms with E-state index in [9.17, 15) is 9.18 Å². The molecule has 1 aliphatic rings. The standard InChI is InChI=1S/C15H15FN4O/c1-8-3-4-10(5-12(8)16)15-11(7-21)9(2)18-14-6-13(17)19-20(14)15/h3-7,15,18H,1-2H3,(H2,17,19). The van der Waals surface area contributed by atoms with E-state index in [1.165, 1.54) is 6.07 Å². The largest absolute Gasteiger partial charge is 0.382 e. The van der Waals surface area contributed by atoms with Gasteiger partial charge in [-0.1, -0.05) is 12.1 Å². The van der Waals surface area contributed by atoms with Gasteiger partial charge >= 0.3 is 0 Å². The fourth-order valence-electron chi connectivity index (χ4n) is 2.56. The third kappa shape index (κ3) is 2.08. The van der Waals surface area contributed by atoms with Gasteiger partial charge in [0.05, 0.1) is 0 Å². The zero-order chi connectivity index (χ0) is 15.1. The number of carbonyl (C=O) groups is 1. The first-order valence-corrected chi connectivity index (χ1v) is 6.55. The van der Waals surface area contributed by atoms with Crippen molar-refractivity contribution in [3.63, 3.8) is 0 Å². The lowest BCUT2D eigenvalue weighted by atomic mass is 9.95. The lowest BCUT2D eigenvalue weighted by Crippen LogP contribution is -2.25. The first kappa shape index (κ1) is 13.4. The molecule has 6 heteroatoms. The summed E-state index contributed by atoms with van der Waals surface area (Å²) in [4.78, 5) is 11.5. The van der Waals surface area contributed by atoms with E-state index in [4.69, 9.17) is 5.73 Å². The van der Waals surface area contributed by atoms with Gasteiger partial charge in [0.25, 0.3) is 0 Å². The summed E-state index contributed by atoms with van der Waals surface area (Å²) in [5.74, 6) is 0.715. The predicted octanol–water partition coefficient (Wildman–Crippen LogP) is 2.40. The van der Waals surface area contributed by atoms with Crippen molar-refractivity contribution in [2.75, 3.05) is 11.1 Å². The van der Waals surface area contributed by atoms with E-state index < -0.39 is 6.04 Å². The number of allylic oxidation sites excluding steroid dienone is 2. The van der Waals surface area contributed by atoms with E-state index in [-0.39, 0.29) is 5.82 Å². The molecule has 3 N–H and O–H groups in total. The maximum Gasteiger partial charge on any atom is 0.150 e. The summed E-state index contributed by atoms with van der Waals surface area (Å²) in [6.45, 7) is 3.49. The molecular formula is C15H15FN4O. The number of rotatable bonds is 2. The summed E-state index contributed by atoms with van der Waals surface area (Å²) in [7, 11) is 0. The summed E-state index contributed by atoms with van der Waals surface area (Å²) in [5.41, 5.74) is 8.17. The van der Waals surface area contributed by atoms with Gasteiger partial charge in [0.2, 0.25) is 0 Å². The van der Waals surface area contributed by atoms with Crippen molar-refractivity contribution < 1.29 is 9.18 Å². The highest BCUT2D eigenvalue weighted by molar-refractivity contribution is 5.80. The minimum absolute atomic E-state index is 0.310. The highest BCUT2D eigenvalue weighted by Gasteiger charge is 2.29. The molecule has 1 atom stereocenters. The molecule has 2 heterocycles. The van der Waals surface area contributed by atoms with E-state index in [1.54, 1.807) is 36.7 Å². The molecule has 0 radical (unpaired) electrons. The Morgan fingerprint density at radius 3 is 2.81 bits per heavy atom. The third-order valence-electron chi connectivity index (χ3n) is 3.68. The minimum Gasteiger partial charge on any atom is -0.382 e. The summed E-state index contributed by atoms with van der Waals surface area (Å²) < 4.78 is 15.5. The second-order valence-electron chi connectivity index (χ2n) is 5.13. The average Bonchev–Trinajstić information content (AvgIpc) is 2.80. The topological polar surface area (TPSA) is 72.9 Å². The van der Waals surface area contributed by atoms with Gasteiger partial charge in [-0.2, -0.15) is 5.10 Å². The molecule has 0 amide bonds. The molecule has 0 saturated heterocycles. The molecule has 3 rings (SSSR count). The first-order chi connectivity index (χ1) is 10.0. The van der Waals surface area contributed by atoms with Crippen LogP contribution in [0.25, 0.3) is 0 Å². The molecule has 21 heavy (non-hydrogen) atoms. The van der Waals surface area contributed by atoms with Gasteiger partial charge in [-0.25, -0.2) is 9.07 Å². The van der Waals surface area contributed by atoms with Crippen LogP contribution in [-0.2, 0) is 4.79 Å². The lowest BCUT2D eigenvalue weighted by molar-refractivity contribution is -0.105. The SMILES string of the molecule is CC1=C(C=O)C(c2ccc(C)c(F)c2)n2nc(N)cc2N1. The van der Waals surface area contributed by atoms with Crippen LogP contribution in [0.1, 0.15) is 24.1 Å². The number of halogens is 1. The van der Waals surface area contributed by atoms with Crippen LogP contribution in [0.5, 0.6) is 0 Å². The molecule has 0 aliphatic carbocycles. The van der Waals surface area contributed by atoms with Crippen LogP contribution in [0.4, 0.5) is 16.0 Å². The second-order valence-corrected chi connectivity index (χ2v) is 5.13. The summed E-state index contributed by atoms with van der Waals surface area (Å²) in [6.07, 6.45) is 0.769. The van der Waals surface area contributed by atoms with Crippen LogP contribution in [0.2, 0.25) is 0 Å². The van der Waals surface area contributed by atoms with Gasteiger partial charge in [-0.15, -0.1) is 0 Å². The fraction of sp³-hybridized carbons (Fsp3) is 0.200. The molecule has 5 nitrogen and oxygen atoms in total. The van der Waals surface area contributed by atoms with Crippen LogP contribution in [0.3, 0.4) is 0 Å². The van der Waals surface area contributed by atoms with Crippen LogP contribution in [0, 0.1) is 12.7 Å². The first-order valence-electron chi connectivity index (χ1n) is 6.55. The summed E-state index contributed by atoms with van der Waals surface area (Å²) in [5, 5.41) is 7.29. The van der Waals surface area contributed by atoms with E-state index in [2.05, 4.69) is 10.4 Å². The Morgan fingerprint density at radius 1 is 1.38 bits per heavy atom. The van der Waals surface area contributed by atoms with Gasteiger partial charge in [0.1, 0.15) is 29.8 Å². The maximum absolute atomic E-state index is 13.9. The Labute approximate surface area is 121 Å². The van der Waals surface area contributed by atoms with Crippen molar-refractivity contribution in [2.24, 2.45) is 0 Å². The Kier molecular flexibility index (Phi) is 3.01.